The molecule has 0 aliphatic heterocycles. The quantitative estimate of drug-likeness (QED) is 0.379. The predicted molar refractivity (Wildman–Crippen MR) is 61.5 cm³/mol. The highest BCUT2D eigenvalue weighted by Crippen LogP contribution is 2.16. The largest absolute Gasteiger partial charge is 0.462 e. The number of esters is 1. The first kappa shape index (κ1) is 11.8. The Kier molecular flexibility index (Phi) is 4.88. The van der Waals surface area contributed by atoms with Gasteiger partial charge < -0.3 is 4.74 Å². The zero-order valence-electron chi connectivity index (χ0n) is 9.29. The summed E-state index contributed by atoms with van der Waals surface area (Å²) in [6.07, 6.45) is 10.6. The monoisotopic (exact) mass is 206 g/mol. The van der Waals surface area contributed by atoms with Crippen LogP contribution < -0.4 is 0 Å². The van der Waals surface area contributed by atoms with E-state index in [1.807, 2.05) is 0 Å². The van der Waals surface area contributed by atoms with Crippen LogP contribution in [0.1, 0.15) is 32.6 Å². The number of carbonyl (C=O) groups is 1. The van der Waals surface area contributed by atoms with Gasteiger partial charge in [0.2, 0.25) is 0 Å². The van der Waals surface area contributed by atoms with Gasteiger partial charge in [-0.1, -0.05) is 30.4 Å². The smallest absolute Gasteiger partial charge is 0.333 e. The molecule has 0 bridgehead atoms. The number of rotatable bonds is 6. The molecule has 0 unspecified atom stereocenters. The van der Waals surface area contributed by atoms with Crippen LogP contribution in [0.5, 0.6) is 0 Å². The maximum absolute atomic E-state index is 11.0. The Labute approximate surface area is 91.3 Å². The maximum atomic E-state index is 11.0. The Bertz CT molecular complexity index is 294. The van der Waals surface area contributed by atoms with Crippen LogP contribution in [0.3, 0.4) is 0 Å². The van der Waals surface area contributed by atoms with Crippen LogP contribution in [-0.4, -0.2) is 12.6 Å². The Hall–Kier alpha value is -1.31. The number of unbranched alkanes of at least 4 members (excludes halogenated alkanes) is 1. The highest BCUT2D eigenvalue weighted by molar-refractivity contribution is 5.86. The molecule has 0 aromatic rings. The van der Waals surface area contributed by atoms with Crippen LogP contribution >= 0.6 is 0 Å². The van der Waals surface area contributed by atoms with Crippen molar-refractivity contribution >= 4 is 5.97 Å². The first-order valence-corrected chi connectivity index (χ1v) is 5.37. The summed E-state index contributed by atoms with van der Waals surface area (Å²) >= 11 is 0. The topological polar surface area (TPSA) is 26.3 Å². The molecule has 15 heavy (non-hydrogen) atoms. The molecule has 1 aliphatic rings. The molecule has 82 valence electrons. The Morgan fingerprint density at radius 1 is 1.53 bits per heavy atom. The van der Waals surface area contributed by atoms with E-state index in [-0.39, 0.29) is 5.97 Å². The van der Waals surface area contributed by atoms with Crippen LogP contribution in [0.2, 0.25) is 0 Å². The second kappa shape index (κ2) is 6.23. The third-order valence-electron chi connectivity index (χ3n) is 2.32. The second-order valence-corrected chi connectivity index (χ2v) is 3.83. The van der Waals surface area contributed by atoms with Crippen LogP contribution in [-0.2, 0) is 9.53 Å². The van der Waals surface area contributed by atoms with Crippen molar-refractivity contribution in [1.82, 2.24) is 0 Å². The number of allylic oxidation sites excluding steroid dienone is 4. The summed E-state index contributed by atoms with van der Waals surface area (Å²) in [6, 6.07) is 0. The molecule has 0 atom stereocenters. The van der Waals surface area contributed by atoms with Gasteiger partial charge >= 0.3 is 5.97 Å². The van der Waals surface area contributed by atoms with Crippen LogP contribution in [0.4, 0.5) is 0 Å². The van der Waals surface area contributed by atoms with Gasteiger partial charge in [0.1, 0.15) is 0 Å². The fourth-order valence-corrected chi connectivity index (χ4v) is 1.42. The molecule has 1 aliphatic carbocycles. The lowest BCUT2D eigenvalue weighted by Crippen LogP contribution is -2.06. The van der Waals surface area contributed by atoms with Crippen molar-refractivity contribution in [2.75, 3.05) is 6.61 Å². The van der Waals surface area contributed by atoms with Gasteiger partial charge in [-0.05, 0) is 32.6 Å². The van der Waals surface area contributed by atoms with Gasteiger partial charge in [0, 0.05) is 5.57 Å². The third-order valence-corrected chi connectivity index (χ3v) is 2.32. The summed E-state index contributed by atoms with van der Waals surface area (Å²) in [7, 11) is 0. The summed E-state index contributed by atoms with van der Waals surface area (Å²) in [5, 5.41) is 0. The molecule has 0 spiro atoms. The van der Waals surface area contributed by atoms with E-state index in [2.05, 4.69) is 24.8 Å². The van der Waals surface area contributed by atoms with Crippen molar-refractivity contribution in [1.29, 1.82) is 0 Å². The van der Waals surface area contributed by atoms with Crippen molar-refractivity contribution in [3.05, 3.63) is 36.0 Å². The normalized spacial score (nSPS) is 13.8. The molecule has 0 amide bonds. The van der Waals surface area contributed by atoms with Crippen LogP contribution in [0.25, 0.3) is 0 Å². The Balaban J connectivity index is 1.98. The van der Waals surface area contributed by atoms with E-state index < -0.39 is 0 Å². The summed E-state index contributed by atoms with van der Waals surface area (Å²) < 4.78 is 4.99. The number of hydrogen-bond donors (Lipinski definition) is 0. The molecular formula is C13H18O2. The van der Waals surface area contributed by atoms with E-state index in [1.165, 1.54) is 5.57 Å². The highest BCUT2D eigenvalue weighted by Gasteiger charge is 2.03. The fourth-order valence-electron chi connectivity index (χ4n) is 1.42. The van der Waals surface area contributed by atoms with Crippen molar-refractivity contribution in [3.8, 4) is 0 Å². The molecule has 0 fully saturated rings. The van der Waals surface area contributed by atoms with Crippen molar-refractivity contribution in [3.63, 3.8) is 0 Å². The molecule has 2 heteroatoms. The molecule has 0 aromatic heterocycles. The molecule has 0 aromatic carbocycles. The molecule has 0 radical (unpaired) electrons. The van der Waals surface area contributed by atoms with Crippen LogP contribution in [0, 0.1) is 0 Å². The van der Waals surface area contributed by atoms with Crippen LogP contribution in [0.15, 0.2) is 36.0 Å². The first-order valence-electron chi connectivity index (χ1n) is 5.37. The lowest BCUT2D eigenvalue weighted by Gasteiger charge is -2.04. The summed E-state index contributed by atoms with van der Waals surface area (Å²) in [4.78, 5) is 11.0. The van der Waals surface area contributed by atoms with Gasteiger partial charge in [-0.3, -0.25) is 0 Å². The predicted octanol–water partition coefficient (Wildman–Crippen LogP) is 3.16. The molecule has 0 heterocycles. The SMILES string of the molecule is C=C(C)C(=O)OCCCCC1=CC=CC1. The fraction of sp³-hybridized carbons (Fsp3) is 0.462. The van der Waals surface area contributed by atoms with E-state index >= 15 is 0 Å². The van der Waals surface area contributed by atoms with Gasteiger partial charge in [0.25, 0.3) is 0 Å². The van der Waals surface area contributed by atoms with Gasteiger partial charge in [-0.15, -0.1) is 0 Å². The molecule has 0 saturated carbocycles. The average molecular weight is 206 g/mol. The Morgan fingerprint density at radius 3 is 2.93 bits per heavy atom. The molecule has 0 N–H and O–H groups in total. The summed E-state index contributed by atoms with van der Waals surface area (Å²) in [5.41, 5.74) is 1.94. The van der Waals surface area contributed by atoms with E-state index in [4.69, 9.17) is 4.74 Å². The van der Waals surface area contributed by atoms with Gasteiger partial charge in [0.05, 0.1) is 6.61 Å². The van der Waals surface area contributed by atoms with Gasteiger partial charge in [-0.2, -0.15) is 0 Å². The van der Waals surface area contributed by atoms with Gasteiger partial charge in [-0.25, -0.2) is 4.79 Å². The maximum Gasteiger partial charge on any atom is 0.333 e. The number of carbonyl (C=O) groups excluding carboxylic acids is 1. The zero-order chi connectivity index (χ0) is 11.1. The molecular weight excluding hydrogens is 188 g/mol. The average Bonchev–Trinajstić information content (AvgIpc) is 2.69. The third kappa shape index (κ3) is 4.63. The standard InChI is InChI=1S/C13H18O2/c1-11(2)13(14)15-10-6-5-9-12-7-3-4-8-12/h3-4,7H,1,5-6,8-10H2,2H3. The molecule has 2 nitrogen and oxygen atoms in total. The second-order valence-electron chi connectivity index (χ2n) is 3.83. The lowest BCUT2D eigenvalue weighted by atomic mass is 10.1. The van der Waals surface area contributed by atoms with Gasteiger partial charge in [0.15, 0.2) is 0 Å². The minimum atomic E-state index is -0.281. The first-order chi connectivity index (χ1) is 7.20. The highest BCUT2D eigenvalue weighted by atomic mass is 16.5. The molecule has 1 rings (SSSR count). The van der Waals surface area contributed by atoms with Crippen molar-refractivity contribution < 1.29 is 9.53 Å². The Morgan fingerprint density at radius 2 is 2.33 bits per heavy atom. The zero-order valence-corrected chi connectivity index (χ0v) is 9.29. The van der Waals surface area contributed by atoms with Crippen molar-refractivity contribution in [2.24, 2.45) is 0 Å². The summed E-state index contributed by atoms with van der Waals surface area (Å²) in [6.45, 7) is 5.70. The van der Waals surface area contributed by atoms with E-state index in [9.17, 15) is 4.79 Å². The molecule has 0 saturated heterocycles. The van der Waals surface area contributed by atoms with Crippen molar-refractivity contribution in [2.45, 2.75) is 32.6 Å². The van der Waals surface area contributed by atoms with E-state index in [0.29, 0.717) is 12.2 Å². The summed E-state index contributed by atoms with van der Waals surface area (Å²) in [5.74, 6) is -0.281. The minimum Gasteiger partial charge on any atom is -0.462 e. The van der Waals surface area contributed by atoms with E-state index in [1.54, 1.807) is 6.92 Å². The number of hydrogen-bond acceptors (Lipinski definition) is 2. The lowest BCUT2D eigenvalue weighted by molar-refractivity contribution is -0.139. The van der Waals surface area contributed by atoms with E-state index in [0.717, 1.165) is 25.7 Å². The number of ether oxygens (including phenoxy) is 1. The minimum absolute atomic E-state index is 0.281.